The van der Waals surface area contributed by atoms with Gasteiger partial charge in [-0.3, -0.25) is 14.6 Å². The highest BCUT2D eigenvalue weighted by Crippen LogP contribution is 2.32. The van der Waals surface area contributed by atoms with Crippen LogP contribution in [0.4, 0.5) is 0 Å². The molecule has 0 radical (unpaired) electrons. The Bertz CT molecular complexity index is 506. The van der Waals surface area contributed by atoms with Gasteiger partial charge in [-0.2, -0.15) is 0 Å². The van der Waals surface area contributed by atoms with Crippen molar-refractivity contribution in [1.29, 1.82) is 0 Å². The lowest BCUT2D eigenvalue weighted by Gasteiger charge is -2.31. The molecular weight excluding hydrogens is 268 g/mol. The van der Waals surface area contributed by atoms with Crippen LogP contribution >= 0.6 is 0 Å². The molecule has 1 saturated carbocycles. The lowest BCUT2D eigenvalue weighted by atomic mass is 9.96. The first-order chi connectivity index (χ1) is 10.2. The van der Waals surface area contributed by atoms with Gasteiger partial charge in [-0.25, -0.2) is 0 Å². The van der Waals surface area contributed by atoms with Gasteiger partial charge in [0.2, 0.25) is 5.91 Å². The minimum absolute atomic E-state index is 0.0788. The number of rotatable bonds is 4. The summed E-state index contributed by atoms with van der Waals surface area (Å²) in [5.74, 6) is 0.304. The number of piperidine rings is 1. The van der Waals surface area contributed by atoms with Gasteiger partial charge in [0.1, 0.15) is 6.61 Å². The number of pyridine rings is 1. The molecule has 2 heterocycles. The van der Waals surface area contributed by atoms with E-state index in [1.165, 1.54) is 0 Å². The Kier molecular flexibility index (Phi) is 4.18. The van der Waals surface area contributed by atoms with E-state index in [4.69, 9.17) is 4.74 Å². The maximum Gasteiger partial charge on any atom is 0.309 e. The molecule has 0 bridgehead atoms. The first-order valence-electron chi connectivity index (χ1n) is 7.58. The summed E-state index contributed by atoms with van der Waals surface area (Å²) < 4.78 is 5.34. The van der Waals surface area contributed by atoms with Crippen LogP contribution in [0.15, 0.2) is 24.5 Å². The number of likely N-dealkylation sites (tertiary alicyclic amines) is 1. The van der Waals surface area contributed by atoms with Crippen LogP contribution in [0.2, 0.25) is 0 Å². The van der Waals surface area contributed by atoms with Crippen molar-refractivity contribution in [2.45, 2.75) is 32.3 Å². The smallest absolute Gasteiger partial charge is 0.309 e. The van der Waals surface area contributed by atoms with Crippen molar-refractivity contribution in [2.24, 2.45) is 11.8 Å². The highest BCUT2D eigenvalue weighted by molar-refractivity contribution is 5.81. The molecule has 1 aliphatic carbocycles. The van der Waals surface area contributed by atoms with Crippen LogP contribution in [-0.4, -0.2) is 34.8 Å². The predicted molar refractivity (Wildman–Crippen MR) is 76.1 cm³/mol. The monoisotopic (exact) mass is 288 g/mol. The third-order valence-corrected chi connectivity index (χ3v) is 4.17. The van der Waals surface area contributed by atoms with Crippen LogP contribution in [0.5, 0.6) is 0 Å². The summed E-state index contributed by atoms with van der Waals surface area (Å²) in [6.07, 6.45) is 6.88. The van der Waals surface area contributed by atoms with Crippen molar-refractivity contribution < 1.29 is 14.3 Å². The van der Waals surface area contributed by atoms with Gasteiger partial charge in [-0.05, 0) is 31.7 Å². The van der Waals surface area contributed by atoms with E-state index in [2.05, 4.69) is 4.98 Å². The van der Waals surface area contributed by atoms with Crippen molar-refractivity contribution in [3.05, 3.63) is 30.1 Å². The molecule has 112 valence electrons. The van der Waals surface area contributed by atoms with Crippen molar-refractivity contribution >= 4 is 11.9 Å². The Balaban J connectivity index is 1.43. The number of carbonyl (C=O) groups is 2. The Morgan fingerprint density at radius 3 is 2.57 bits per heavy atom. The highest BCUT2D eigenvalue weighted by Gasteiger charge is 2.36. The van der Waals surface area contributed by atoms with Crippen LogP contribution in [0.3, 0.4) is 0 Å². The molecule has 0 unspecified atom stereocenters. The molecule has 0 N–H and O–H groups in total. The van der Waals surface area contributed by atoms with E-state index in [-0.39, 0.29) is 30.3 Å². The minimum Gasteiger partial charge on any atom is -0.461 e. The average Bonchev–Trinajstić information content (AvgIpc) is 3.38. The van der Waals surface area contributed by atoms with Crippen molar-refractivity contribution in [3.8, 4) is 0 Å². The summed E-state index contributed by atoms with van der Waals surface area (Å²) in [4.78, 5) is 29.9. The first-order valence-corrected chi connectivity index (χ1v) is 7.58. The van der Waals surface area contributed by atoms with E-state index in [1.807, 2.05) is 17.0 Å². The molecule has 1 amide bonds. The van der Waals surface area contributed by atoms with Crippen LogP contribution in [-0.2, 0) is 20.9 Å². The molecule has 1 aromatic rings. The summed E-state index contributed by atoms with van der Waals surface area (Å²) in [7, 11) is 0. The maximum absolute atomic E-state index is 12.0. The molecule has 21 heavy (non-hydrogen) atoms. The number of hydrogen-bond donors (Lipinski definition) is 0. The fourth-order valence-corrected chi connectivity index (χ4v) is 2.68. The van der Waals surface area contributed by atoms with E-state index in [0.717, 1.165) is 18.4 Å². The SMILES string of the molecule is O=C(OCc1cccnc1)C1CCN(C(=O)C2CC2)CC1. The first kappa shape index (κ1) is 14.0. The second kappa shape index (κ2) is 6.24. The molecule has 5 nitrogen and oxygen atoms in total. The van der Waals surface area contributed by atoms with Gasteiger partial charge in [0.25, 0.3) is 0 Å². The number of carbonyl (C=O) groups excluding carboxylic acids is 2. The van der Waals surface area contributed by atoms with Crippen molar-refractivity contribution in [1.82, 2.24) is 9.88 Å². The van der Waals surface area contributed by atoms with Gasteiger partial charge in [-0.1, -0.05) is 6.07 Å². The molecule has 5 heteroatoms. The summed E-state index contributed by atoms with van der Waals surface area (Å²) >= 11 is 0. The van der Waals surface area contributed by atoms with E-state index >= 15 is 0 Å². The Morgan fingerprint density at radius 2 is 1.95 bits per heavy atom. The Labute approximate surface area is 124 Å². The molecule has 3 rings (SSSR count). The molecule has 0 atom stereocenters. The van der Waals surface area contributed by atoms with Crippen LogP contribution in [0.1, 0.15) is 31.2 Å². The maximum atomic E-state index is 12.0. The molecule has 0 spiro atoms. The molecule has 1 aromatic heterocycles. The number of esters is 1. The molecule has 0 aromatic carbocycles. The lowest BCUT2D eigenvalue weighted by Crippen LogP contribution is -2.41. The van der Waals surface area contributed by atoms with Gasteiger partial charge >= 0.3 is 5.97 Å². The van der Waals surface area contributed by atoms with Crippen molar-refractivity contribution in [2.75, 3.05) is 13.1 Å². The van der Waals surface area contributed by atoms with Crippen molar-refractivity contribution in [3.63, 3.8) is 0 Å². The van der Waals surface area contributed by atoms with Gasteiger partial charge in [0.05, 0.1) is 5.92 Å². The minimum atomic E-state index is -0.155. The number of aromatic nitrogens is 1. The topological polar surface area (TPSA) is 59.5 Å². The molecule has 2 fully saturated rings. The van der Waals surface area contributed by atoms with Gasteiger partial charge < -0.3 is 9.64 Å². The number of amides is 1. The number of nitrogens with zero attached hydrogens (tertiary/aromatic N) is 2. The van der Waals surface area contributed by atoms with Gasteiger partial charge in [0, 0.05) is 37.0 Å². The summed E-state index contributed by atoms with van der Waals surface area (Å²) in [6, 6.07) is 3.71. The summed E-state index contributed by atoms with van der Waals surface area (Å²) in [6.45, 7) is 1.64. The fraction of sp³-hybridized carbons (Fsp3) is 0.562. The molecule has 1 saturated heterocycles. The van der Waals surface area contributed by atoms with E-state index in [9.17, 15) is 9.59 Å². The number of ether oxygens (including phenoxy) is 1. The highest BCUT2D eigenvalue weighted by atomic mass is 16.5. The van der Waals surface area contributed by atoms with Crippen LogP contribution in [0.25, 0.3) is 0 Å². The van der Waals surface area contributed by atoms with E-state index in [1.54, 1.807) is 12.4 Å². The van der Waals surface area contributed by atoms with Gasteiger partial charge in [-0.15, -0.1) is 0 Å². The fourth-order valence-electron chi connectivity index (χ4n) is 2.68. The zero-order chi connectivity index (χ0) is 14.7. The van der Waals surface area contributed by atoms with E-state index < -0.39 is 0 Å². The normalized spacial score (nSPS) is 19.3. The number of hydrogen-bond acceptors (Lipinski definition) is 4. The van der Waals surface area contributed by atoms with Crippen LogP contribution < -0.4 is 0 Å². The van der Waals surface area contributed by atoms with Gasteiger partial charge in [0.15, 0.2) is 0 Å². The zero-order valence-corrected chi connectivity index (χ0v) is 12.0. The predicted octanol–water partition coefficient (Wildman–Crippen LogP) is 1.77. The largest absolute Gasteiger partial charge is 0.461 e. The standard InChI is InChI=1S/C16H20N2O3/c19-15(13-3-4-13)18-8-5-14(6-9-18)16(20)21-11-12-2-1-7-17-10-12/h1-2,7,10,13-14H,3-6,8-9,11H2. The molecule has 1 aliphatic heterocycles. The third-order valence-electron chi connectivity index (χ3n) is 4.17. The lowest BCUT2D eigenvalue weighted by molar-refractivity contribution is -0.153. The Morgan fingerprint density at radius 1 is 1.19 bits per heavy atom. The quantitative estimate of drug-likeness (QED) is 0.792. The van der Waals surface area contributed by atoms with Crippen LogP contribution in [0, 0.1) is 11.8 Å². The average molecular weight is 288 g/mol. The second-order valence-corrected chi connectivity index (χ2v) is 5.84. The summed E-state index contributed by atoms with van der Waals surface area (Å²) in [5.41, 5.74) is 0.896. The third kappa shape index (κ3) is 3.60. The zero-order valence-electron chi connectivity index (χ0n) is 12.0. The Hall–Kier alpha value is -1.91. The second-order valence-electron chi connectivity index (χ2n) is 5.84. The molecular formula is C16H20N2O3. The summed E-state index contributed by atoms with van der Waals surface area (Å²) in [5, 5.41) is 0. The van der Waals surface area contributed by atoms with E-state index in [0.29, 0.717) is 25.9 Å². The molecule has 2 aliphatic rings.